The molecule has 0 bridgehead atoms. The SMILES string of the molecule is O=C(O)CC1COc2cc(O[C@@H]3CCc4c(-c5c(Cl)cccc5Cl)cccc43)ccc21. The summed E-state index contributed by atoms with van der Waals surface area (Å²) in [5, 5.41) is 10.4. The Morgan fingerprint density at radius 2 is 1.84 bits per heavy atom. The Morgan fingerprint density at radius 1 is 1.06 bits per heavy atom. The smallest absolute Gasteiger partial charge is 0.304 e. The Hall–Kier alpha value is -2.69. The third-order valence-corrected chi connectivity index (χ3v) is 6.64. The van der Waals surface area contributed by atoms with Gasteiger partial charge < -0.3 is 14.6 Å². The van der Waals surface area contributed by atoms with Crippen molar-refractivity contribution in [3.63, 3.8) is 0 Å². The molecule has 6 heteroatoms. The summed E-state index contributed by atoms with van der Waals surface area (Å²) >= 11 is 12.9. The molecule has 0 spiro atoms. The van der Waals surface area contributed by atoms with Crippen molar-refractivity contribution in [1.29, 1.82) is 0 Å². The van der Waals surface area contributed by atoms with Gasteiger partial charge in [-0.2, -0.15) is 0 Å². The van der Waals surface area contributed by atoms with Crippen molar-refractivity contribution in [3.8, 4) is 22.6 Å². The van der Waals surface area contributed by atoms with Gasteiger partial charge in [-0.3, -0.25) is 4.79 Å². The maximum absolute atomic E-state index is 11.1. The summed E-state index contributed by atoms with van der Waals surface area (Å²) in [6, 6.07) is 17.4. The second-order valence-electron chi connectivity index (χ2n) is 7.92. The third-order valence-electron chi connectivity index (χ3n) is 6.01. The van der Waals surface area contributed by atoms with Crippen LogP contribution in [0.3, 0.4) is 0 Å². The Labute approximate surface area is 190 Å². The van der Waals surface area contributed by atoms with E-state index >= 15 is 0 Å². The van der Waals surface area contributed by atoms with Gasteiger partial charge >= 0.3 is 5.97 Å². The fourth-order valence-electron chi connectivity index (χ4n) is 4.60. The van der Waals surface area contributed by atoms with E-state index in [2.05, 4.69) is 12.1 Å². The number of hydrogen-bond acceptors (Lipinski definition) is 3. The first-order valence-electron chi connectivity index (χ1n) is 10.2. The number of aliphatic carboxylic acids is 1. The van der Waals surface area contributed by atoms with Crippen LogP contribution in [0.15, 0.2) is 54.6 Å². The monoisotopic (exact) mass is 454 g/mol. The van der Waals surface area contributed by atoms with Crippen molar-refractivity contribution in [2.75, 3.05) is 6.61 Å². The quantitative estimate of drug-likeness (QED) is 0.467. The number of carboxylic acids is 1. The van der Waals surface area contributed by atoms with E-state index in [-0.39, 0.29) is 18.4 Å². The largest absolute Gasteiger partial charge is 0.492 e. The zero-order chi connectivity index (χ0) is 21.5. The topological polar surface area (TPSA) is 55.8 Å². The molecule has 2 atom stereocenters. The van der Waals surface area contributed by atoms with Crippen molar-refractivity contribution in [2.45, 2.75) is 31.3 Å². The number of halogens is 2. The predicted octanol–water partition coefficient (Wildman–Crippen LogP) is 6.68. The molecule has 31 heavy (non-hydrogen) atoms. The molecular weight excluding hydrogens is 435 g/mol. The van der Waals surface area contributed by atoms with Crippen LogP contribution in [0.5, 0.6) is 11.5 Å². The van der Waals surface area contributed by atoms with Gasteiger partial charge in [-0.15, -0.1) is 0 Å². The second kappa shape index (κ2) is 8.10. The number of hydrogen-bond donors (Lipinski definition) is 1. The highest BCUT2D eigenvalue weighted by molar-refractivity contribution is 6.39. The van der Waals surface area contributed by atoms with Gasteiger partial charge in [0.25, 0.3) is 0 Å². The van der Waals surface area contributed by atoms with E-state index < -0.39 is 5.97 Å². The molecule has 1 aliphatic heterocycles. The van der Waals surface area contributed by atoms with Crippen molar-refractivity contribution in [2.24, 2.45) is 0 Å². The van der Waals surface area contributed by atoms with Crippen LogP contribution < -0.4 is 9.47 Å². The molecular formula is C25H20Cl2O4. The molecule has 0 radical (unpaired) electrons. The highest BCUT2D eigenvalue weighted by Gasteiger charge is 2.30. The van der Waals surface area contributed by atoms with Gasteiger partial charge in [0.1, 0.15) is 17.6 Å². The summed E-state index contributed by atoms with van der Waals surface area (Å²) in [6.45, 7) is 0.388. The van der Waals surface area contributed by atoms with Crippen LogP contribution in [-0.2, 0) is 11.2 Å². The van der Waals surface area contributed by atoms with Crippen LogP contribution in [0.4, 0.5) is 0 Å². The Bertz CT molecular complexity index is 1150. The van der Waals surface area contributed by atoms with E-state index in [1.54, 1.807) is 0 Å². The summed E-state index contributed by atoms with van der Waals surface area (Å²) in [5.74, 6) is 0.489. The molecule has 158 valence electrons. The maximum Gasteiger partial charge on any atom is 0.304 e. The molecule has 1 unspecified atom stereocenters. The molecule has 1 N–H and O–H groups in total. The number of rotatable bonds is 5. The minimum atomic E-state index is -0.821. The lowest BCUT2D eigenvalue weighted by Crippen LogP contribution is -2.07. The first-order valence-corrected chi connectivity index (χ1v) is 11.0. The van der Waals surface area contributed by atoms with Crippen LogP contribution in [0.2, 0.25) is 10.0 Å². The highest BCUT2D eigenvalue weighted by atomic mass is 35.5. The van der Waals surface area contributed by atoms with Gasteiger partial charge in [0.2, 0.25) is 0 Å². The predicted molar refractivity (Wildman–Crippen MR) is 121 cm³/mol. The molecule has 0 saturated heterocycles. The summed E-state index contributed by atoms with van der Waals surface area (Å²) < 4.78 is 12.0. The van der Waals surface area contributed by atoms with Crippen LogP contribution in [-0.4, -0.2) is 17.7 Å². The minimum absolute atomic E-state index is 0.0661. The lowest BCUT2D eigenvalue weighted by Gasteiger charge is -2.17. The van der Waals surface area contributed by atoms with E-state index in [0.29, 0.717) is 28.2 Å². The fourth-order valence-corrected chi connectivity index (χ4v) is 5.20. The van der Waals surface area contributed by atoms with Gasteiger partial charge in [-0.05, 0) is 47.7 Å². The van der Waals surface area contributed by atoms with Crippen molar-refractivity contribution < 1.29 is 19.4 Å². The van der Waals surface area contributed by atoms with Crippen LogP contribution in [0, 0.1) is 0 Å². The molecule has 0 fully saturated rings. The van der Waals surface area contributed by atoms with E-state index in [1.807, 2.05) is 42.5 Å². The van der Waals surface area contributed by atoms with Crippen LogP contribution >= 0.6 is 23.2 Å². The Balaban J connectivity index is 1.42. The van der Waals surface area contributed by atoms with E-state index in [4.69, 9.17) is 37.8 Å². The molecule has 1 aliphatic carbocycles. The van der Waals surface area contributed by atoms with Gasteiger partial charge in [0, 0.05) is 33.2 Å². The van der Waals surface area contributed by atoms with Gasteiger partial charge in [0.05, 0.1) is 13.0 Å². The van der Waals surface area contributed by atoms with Crippen molar-refractivity contribution in [3.05, 3.63) is 81.3 Å². The molecule has 3 aromatic carbocycles. The van der Waals surface area contributed by atoms with Gasteiger partial charge in [-0.25, -0.2) is 0 Å². The number of ether oxygens (including phenoxy) is 2. The van der Waals surface area contributed by atoms with Crippen molar-refractivity contribution in [1.82, 2.24) is 0 Å². The van der Waals surface area contributed by atoms with E-state index in [1.165, 1.54) is 5.56 Å². The average molecular weight is 455 g/mol. The average Bonchev–Trinajstić information content (AvgIpc) is 3.32. The standard InChI is InChI=1S/C25H20Cl2O4/c26-20-5-2-6-21(27)25(20)19-4-1-3-18-17(19)9-10-22(18)31-15-7-8-16-14(11-24(28)29)13-30-23(16)12-15/h1-8,12,14,22H,9-11,13H2,(H,28,29)/t14?,22-/m1/s1. The molecule has 0 amide bonds. The summed E-state index contributed by atoms with van der Waals surface area (Å²) in [4.78, 5) is 11.1. The normalized spacial score (nSPS) is 18.9. The fraction of sp³-hybridized carbons (Fsp3) is 0.240. The Kier molecular flexibility index (Phi) is 5.28. The summed E-state index contributed by atoms with van der Waals surface area (Å²) in [6.07, 6.45) is 1.72. The molecule has 4 nitrogen and oxygen atoms in total. The first-order chi connectivity index (χ1) is 15.0. The minimum Gasteiger partial charge on any atom is -0.492 e. The van der Waals surface area contributed by atoms with Crippen LogP contribution in [0.25, 0.3) is 11.1 Å². The number of carbonyl (C=O) groups is 1. The third kappa shape index (κ3) is 3.75. The molecule has 2 aliphatic rings. The number of fused-ring (bicyclic) bond motifs is 2. The summed E-state index contributed by atoms with van der Waals surface area (Å²) in [5.41, 5.74) is 5.18. The zero-order valence-corrected chi connectivity index (χ0v) is 18.1. The number of benzene rings is 3. The lowest BCUT2D eigenvalue weighted by molar-refractivity contribution is -0.137. The molecule has 0 saturated carbocycles. The Morgan fingerprint density at radius 3 is 2.61 bits per heavy atom. The summed E-state index contributed by atoms with van der Waals surface area (Å²) in [7, 11) is 0. The van der Waals surface area contributed by atoms with Crippen molar-refractivity contribution >= 4 is 29.2 Å². The van der Waals surface area contributed by atoms with Gasteiger partial charge in [-0.1, -0.05) is 53.5 Å². The van der Waals surface area contributed by atoms with Crippen LogP contribution in [0.1, 0.15) is 41.6 Å². The maximum atomic E-state index is 11.1. The second-order valence-corrected chi connectivity index (χ2v) is 8.74. The molecule has 3 aromatic rings. The highest BCUT2D eigenvalue weighted by Crippen LogP contribution is 2.45. The number of carboxylic acid groups (broad SMARTS) is 1. The molecule has 1 heterocycles. The first kappa shape index (κ1) is 20.2. The van der Waals surface area contributed by atoms with E-state index in [0.717, 1.165) is 35.1 Å². The molecule has 5 rings (SSSR count). The van der Waals surface area contributed by atoms with E-state index in [9.17, 15) is 4.79 Å². The molecule has 0 aromatic heterocycles. The van der Waals surface area contributed by atoms with Gasteiger partial charge in [0.15, 0.2) is 0 Å². The lowest BCUT2D eigenvalue weighted by atomic mass is 9.96. The zero-order valence-electron chi connectivity index (χ0n) is 16.6.